The van der Waals surface area contributed by atoms with Crippen molar-refractivity contribution in [3.8, 4) is 0 Å². The van der Waals surface area contributed by atoms with Crippen LogP contribution in [0, 0.1) is 11.8 Å². The molecule has 184 valence electrons. The second-order valence-corrected chi connectivity index (χ2v) is 9.00. The molecule has 11 nitrogen and oxygen atoms in total. The summed E-state index contributed by atoms with van der Waals surface area (Å²) in [5.74, 6) is -3.60. The summed E-state index contributed by atoms with van der Waals surface area (Å²) in [5.41, 5.74) is 5.86. The summed E-state index contributed by atoms with van der Waals surface area (Å²) in [6, 6.07) is -3.95. The van der Waals surface area contributed by atoms with Gasteiger partial charge >= 0.3 is 5.97 Å². The zero-order chi connectivity index (χ0) is 25.3. The number of likely N-dealkylation sites (N-methyl/N-ethyl adjacent to an activating group) is 2. The molecule has 0 spiro atoms. The van der Waals surface area contributed by atoms with Crippen molar-refractivity contribution in [1.82, 2.24) is 20.4 Å². The number of hydrogen-bond donors (Lipinski definition) is 4. The number of rotatable bonds is 12. The number of hydrogen-bond acceptors (Lipinski definition) is 6. The first-order chi connectivity index (χ1) is 14.6. The Morgan fingerprint density at radius 2 is 1.41 bits per heavy atom. The molecule has 0 aliphatic carbocycles. The lowest BCUT2D eigenvalue weighted by atomic mass is 10.00. The van der Waals surface area contributed by atoms with E-state index < -0.39 is 60.2 Å². The molecule has 0 bridgehead atoms. The highest BCUT2D eigenvalue weighted by atomic mass is 16.4. The van der Waals surface area contributed by atoms with Crippen LogP contribution in [0.2, 0.25) is 0 Å². The van der Waals surface area contributed by atoms with Crippen LogP contribution in [-0.2, 0) is 24.0 Å². The third kappa shape index (κ3) is 9.21. The van der Waals surface area contributed by atoms with Crippen LogP contribution in [0.5, 0.6) is 0 Å². The van der Waals surface area contributed by atoms with Gasteiger partial charge in [-0.05, 0) is 25.2 Å². The highest BCUT2D eigenvalue weighted by Crippen LogP contribution is 2.13. The summed E-state index contributed by atoms with van der Waals surface area (Å²) < 4.78 is 0. The van der Waals surface area contributed by atoms with E-state index in [0.717, 1.165) is 0 Å². The molecule has 11 heteroatoms. The van der Waals surface area contributed by atoms with Gasteiger partial charge in [-0.2, -0.15) is 0 Å². The van der Waals surface area contributed by atoms with E-state index in [9.17, 15) is 24.0 Å². The van der Waals surface area contributed by atoms with Crippen molar-refractivity contribution in [2.45, 2.75) is 71.6 Å². The van der Waals surface area contributed by atoms with E-state index in [1.165, 1.54) is 37.9 Å². The number of nitrogens with two attached hydrogens (primary N) is 1. The van der Waals surface area contributed by atoms with E-state index in [0.29, 0.717) is 6.42 Å². The van der Waals surface area contributed by atoms with Crippen LogP contribution in [-0.4, -0.2) is 89.8 Å². The van der Waals surface area contributed by atoms with E-state index >= 15 is 0 Å². The fourth-order valence-electron chi connectivity index (χ4n) is 3.31. The minimum Gasteiger partial charge on any atom is -0.481 e. The Labute approximate surface area is 190 Å². The van der Waals surface area contributed by atoms with Gasteiger partial charge in [-0.25, -0.2) is 0 Å². The third-order valence-electron chi connectivity index (χ3n) is 4.89. The van der Waals surface area contributed by atoms with Gasteiger partial charge in [0.1, 0.15) is 18.1 Å². The Hall–Kier alpha value is -2.69. The molecular weight excluding hydrogens is 418 g/mol. The van der Waals surface area contributed by atoms with Gasteiger partial charge in [0.05, 0.1) is 12.5 Å². The molecule has 4 atom stereocenters. The molecule has 0 unspecified atom stereocenters. The largest absolute Gasteiger partial charge is 0.481 e. The maximum absolute atomic E-state index is 12.9. The number of carbonyl (C=O) groups excluding carboxylic acids is 4. The summed E-state index contributed by atoms with van der Waals surface area (Å²) in [5, 5.41) is 14.1. The summed E-state index contributed by atoms with van der Waals surface area (Å²) in [6.45, 7) is 8.79. The smallest absolute Gasteiger partial charge is 0.305 e. The van der Waals surface area contributed by atoms with Gasteiger partial charge in [-0.1, -0.05) is 27.7 Å². The van der Waals surface area contributed by atoms with Crippen LogP contribution in [0.15, 0.2) is 0 Å². The van der Waals surface area contributed by atoms with Crippen molar-refractivity contribution >= 4 is 29.6 Å². The topological polar surface area (TPSA) is 162 Å². The van der Waals surface area contributed by atoms with Crippen molar-refractivity contribution in [3.05, 3.63) is 0 Å². The highest BCUT2D eigenvalue weighted by Gasteiger charge is 2.35. The fourth-order valence-corrected chi connectivity index (χ4v) is 3.31. The molecule has 32 heavy (non-hydrogen) atoms. The van der Waals surface area contributed by atoms with Crippen LogP contribution in [0.25, 0.3) is 0 Å². The number of amides is 4. The Kier molecular flexibility index (Phi) is 11.9. The van der Waals surface area contributed by atoms with E-state index in [4.69, 9.17) is 10.8 Å². The molecule has 0 heterocycles. The van der Waals surface area contributed by atoms with Crippen LogP contribution >= 0.6 is 0 Å². The normalized spacial score (nSPS) is 14.8. The lowest BCUT2D eigenvalue weighted by Crippen LogP contribution is -2.59. The molecule has 0 aliphatic rings. The van der Waals surface area contributed by atoms with Crippen molar-refractivity contribution in [3.63, 3.8) is 0 Å². The van der Waals surface area contributed by atoms with E-state index in [2.05, 4.69) is 10.6 Å². The fraction of sp³-hybridized carbons (Fsp3) is 0.762. The number of aliphatic carboxylic acids is 1. The summed E-state index contributed by atoms with van der Waals surface area (Å²) in [4.78, 5) is 63.9. The Bertz CT molecular complexity index is 694. The first kappa shape index (κ1) is 29.3. The summed E-state index contributed by atoms with van der Waals surface area (Å²) in [7, 11) is 4.32. The van der Waals surface area contributed by atoms with Crippen LogP contribution in [0.4, 0.5) is 0 Å². The standard InChI is InChI=1S/C21H39N5O6/c1-11(2)9-14(22)18(29)23-13(5)20(31)26(8)17(12(3)4)19(30)24-15(10-16(27)28)21(32)25(6)7/h11-15,17H,9-10,22H2,1-8H3,(H,23,29)(H,24,30)(H,27,28)/t13-,14-,15-,17-/m0/s1. The second kappa shape index (κ2) is 13.0. The van der Waals surface area contributed by atoms with Gasteiger partial charge in [0.25, 0.3) is 0 Å². The SMILES string of the molecule is CC(C)C[C@H](N)C(=O)N[C@@H](C)C(=O)N(C)[C@H](C(=O)N[C@@H](CC(=O)O)C(=O)N(C)C)C(C)C. The minimum atomic E-state index is -1.27. The molecule has 0 saturated carbocycles. The number of nitrogens with one attached hydrogen (secondary N) is 2. The monoisotopic (exact) mass is 457 g/mol. The maximum Gasteiger partial charge on any atom is 0.305 e. The number of nitrogens with zero attached hydrogens (tertiary/aromatic N) is 2. The molecule has 0 fully saturated rings. The van der Waals surface area contributed by atoms with Crippen molar-refractivity contribution in [1.29, 1.82) is 0 Å². The number of carboxylic acids is 1. The van der Waals surface area contributed by atoms with Gasteiger partial charge in [0, 0.05) is 21.1 Å². The molecule has 0 rings (SSSR count). The molecule has 0 aromatic carbocycles. The Balaban J connectivity index is 5.43. The van der Waals surface area contributed by atoms with Gasteiger partial charge in [-0.3, -0.25) is 24.0 Å². The lowest BCUT2D eigenvalue weighted by molar-refractivity contribution is -0.146. The van der Waals surface area contributed by atoms with Gasteiger partial charge in [-0.15, -0.1) is 0 Å². The van der Waals surface area contributed by atoms with Gasteiger partial charge in [0.2, 0.25) is 23.6 Å². The average molecular weight is 458 g/mol. The molecular formula is C21H39N5O6. The first-order valence-corrected chi connectivity index (χ1v) is 10.7. The highest BCUT2D eigenvalue weighted by molar-refractivity contribution is 5.95. The molecule has 0 aliphatic heterocycles. The predicted molar refractivity (Wildman–Crippen MR) is 119 cm³/mol. The van der Waals surface area contributed by atoms with E-state index in [1.54, 1.807) is 13.8 Å². The number of carboxylic acid groups (broad SMARTS) is 1. The number of carbonyl (C=O) groups is 5. The van der Waals surface area contributed by atoms with E-state index in [1.807, 2.05) is 13.8 Å². The van der Waals surface area contributed by atoms with E-state index in [-0.39, 0.29) is 11.8 Å². The zero-order valence-corrected chi connectivity index (χ0v) is 20.3. The molecule has 0 aromatic rings. The Morgan fingerprint density at radius 3 is 1.81 bits per heavy atom. The van der Waals surface area contributed by atoms with Crippen molar-refractivity contribution in [2.24, 2.45) is 17.6 Å². The molecule has 5 N–H and O–H groups in total. The lowest BCUT2D eigenvalue weighted by Gasteiger charge is -2.33. The minimum absolute atomic E-state index is 0.210. The molecule has 4 amide bonds. The molecule has 0 aromatic heterocycles. The van der Waals surface area contributed by atoms with Crippen molar-refractivity contribution in [2.75, 3.05) is 21.1 Å². The van der Waals surface area contributed by atoms with Crippen LogP contribution in [0.3, 0.4) is 0 Å². The maximum atomic E-state index is 12.9. The molecule has 0 saturated heterocycles. The zero-order valence-electron chi connectivity index (χ0n) is 20.3. The first-order valence-electron chi connectivity index (χ1n) is 10.7. The summed E-state index contributed by atoms with van der Waals surface area (Å²) in [6.07, 6.45) is -0.129. The quantitative estimate of drug-likeness (QED) is 0.304. The Morgan fingerprint density at radius 1 is 0.875 bits per heavy atom. The average Bonchev–Trinajstić information content (AvgIpc) is 2.64. The van der Waals surface area contributed by atoms with Crippen molar-refractivity contribution < 1.29 is 29.1 Å². The second-order valence-electron chi connectivity index (χ2n) is 9.00. The van der Waals surface area contributed by atoms with Crippen LogP contribution in [0.1, 0.15) is 47.5 Å². The van der Waals surface area contributed by atoms with Crippen LogP contribution < -0.4 is 16.4 Å². The predicted octanol–water partition coefficient (Wildman–Crippen LogP) is -0.605. The molecule has 0 radical (unpaired) electrons. The van der Waals surface area contributed by atoms with Gasteiger partial charge in [0.15, 0.2) is 0 Å². The summed E-state index contributed by atoms with van der Waals surface area (Å²) >= 11 is 0. The third-order valence-corrected chi connectivity index (χ3v) is 4.89. The van der Waals surface area contributed by atoms with Gasteiger partial charge < -0.3 is 31.3 Å².